The lowest BCUT2D eigenvalue weighted by Gasteiger charge is -2.20. The van der Waals surface area contributed by atoms with E-state index < -0.39 is 58.6 Å². The number of hydrogen-bond acceptors (Lipinski definition) is 2. The molecule has 0 atom stereocenters. The molecule has 5 aromatic carbocycles. The zero-order valence-electron chi connectivity index (χ0n) is 25.6. The van der Waals surface area contributed by atoms with Crippen LogP contribution in [0.4, 0.5) is 43.9 Å². The van der Waals surface area contributed by atoms with Gasteiger partial charge in [-0.15, -0.1) is 13.2 Å². The molecule has 0 radical (unpaired) electrons. The minimum absolute atomic E-state index is 0.105. The Balaban J connectivity index is 1.34. The van der Waals surface area contributed by atoms with Crippen molar-refractivity contribution in [3.05, 3.63) is 131 Å². The van der Waals surface area contributed by atoms with Crippen LogP contribution < -0.4 is 9.47 Å². The molecule has 0 heterocycles. The van der Waals surface area contributed by atoms with Crippen molar-refractivity contribution < 1.29 is 53.4 Å². The van der Waals surface area contributed by atoms with E-state index in [4.69, 9.17) is 0 Å². The largest absolute Gasteiger partial charge is 0.573 e. The van der Waals surface area contributed by atoms with Crippen molar-refractivity contribution in [2.45, 2.75) is 45.1 Å². The van der Waals surface area contributed by atoms with Crippen LogP contribution in [0, 0.1) is 29.1 Å². The standard InChI is InChI=1S/C37H26F10O2/c1-2-3-4-5-21-6-8-22(9-7-21)25-16-29(39)34(30(40)17-25)24-12-10-23(11-13-24)26-18-31(41)35(32(42)19-26)36(43,44)48-27-14-15-33(28(38)20-27)49-37(45,46)47/h6-20H,2-5H2,1H3. The van der Waals surface area contributed by atoms with Crippen LogP contribution in [0.25, 0.3) is 33.4 Å². The second kappa shape index (κ2) is 14.2. The molecule has 256 valence electrons. The number of halogens is 10. The molecule has 5 aromatic rings. The summed E-state index contributed by atoms with van der Waals surface area (Å²) in [5.41, 5.74) is -0.109. The summed E-state index contributed by atoms with van der Waals surface area (Å²) in [5.74, 6) is -9.31. The number of hydrogen-bond donors (Lipinski definition) is 0. The summed E-state index contributed by atoms with van der Waals surface area (Å²) in [6, 6.07) is 17.1. The number of unbranched alkanes of at least 4 members (excludes halogenated alkanes) is 2. The Morgan fingerprint density at radius 2 is 1.02 bits per heavy atom. The Morgan fingerprint density at radius 3 is 1.53 bits per heavy atom. The van der Waals surface area contributed by atoms with E-state index >= 15 is 8.78 Å². The van der Waals surface area contributed by atoms with Crippen LogP contribution in [-0.4, -0.2) is 6.36 Å². The van der Waals surface area contributed by atoms with Gasteiger partial charge in [0.25, 0.3) is 0 Å². The third kappa shape index (κ3) is 8.36. The molecule has 0 saturated carbocycles. The van der Waals surface area contributed by atoms with Crippen LogP contribution in [0.3, 0.4) is 0 Å². The van der Waals surface area contributed by atoms with Crippen LogP contribution >= 0.6 is 0 Å². The third-order valence-corrected chi connectivity index (χ3v) is 7.61. The van der Waals surface area contributed by atoms with Crippen molar-refractivity contribution in [3.8, 4) is 44.9 Å². The zero-order chi connectivity index (χ0) is 35.5. The van der Waals surface area contributed by atoms with E-state index in [-0.39, 0.29) is 28.3 Å². The molecule has 0 N–H and O–H groups in total. The first-order valence-corrected chi connectivity index (χ1v) is 15.0. The molecule has 0 spiro atoms. The molecule has 0 aliphatic rings. The summed E-state index contributed by atoms with van der Waals surface area (Å²) >= 11 is 0. The van der Waals surface area contributed by atoms with Crippen LogP contribution in [0.1, 0.15) is 37.3 Å². The molecule has 12 heteroatoms. The van der Waals surface area contributed by atoms with Crippen molar-refractivity contribution in [3.63, 3.8) is 0 Å². The number of benzene rings is 5. The summed E-state index contributed by atoms with van der Waals surface area (Å²) in [6.45, 7) is 2.11. The Labute approximate surface area is 274 Å². The van der Waals surface area contributed by atoms with Gasteiger partial charge in [-0.25, -0.2) is 22.0 Å². The molecule has 5 rings (SSSR count). The van der Waals surface area contributed by atoms with Gasteiger partial charge >= 0.3 is 12.5 Å². The van der Waals surface area contributed by atoms with E-state index in [1.54, 1.807) is 12.1 Å². The average Bonchev–Trinajstić information content (AvgIpc) is 3.01. The fourth-order valence-electron chi connectivity index (χ4n) is 5.26. The second-order valence-electron chi connectivity index (χ2n) is 11.1. The zero-order valence-corrected chi connectivity index (χ0v) is 25.6. The van der Waals surface area contributed by atoms with E-state index in [9.17, 15) is 35.1 Å². The third-order valence-electron chi connectivity index (χ3n) is 7.61. The molecule has 0 aromatic heterocycles. The van der Waals surface area contributed by atoms with Gasteiger partial charge < -0.3 is 9.47 Å². The monoisotopic (exact) mass is 692 g/mol. The maximum Gasteiger partial charge on any atom is 0.573 e. The van der Waals surface area contributed by atoms with E-state index in [0.29, 0.717) is 35.4 Å². The predicted octanol–water partition coefficient (Wildman–Crippen LogP) is 12.1. The average molecular weight is 693 g/mol. The van der Waals surface area contributed by atoms with Crippen molar-refractivity contribution in [2.75, 3.05) is 0 Å². The smallest absolute Gasteiger partial charge is 0.429 e. The summed E-state index contributed by atoms with van der Waals surface area (Å²) in [7, 11) is 0. The van der Waals surface area contributed by atoms with E-state index in [1.165, 1.54) is 36.4 Å². The molecule has 0 amide bonds. The van der Waals surface area contributed by atoms with Crippen molar-refractivity contribution in [1.82, 2.24) is 0 Å². The minimum atomic E-state index is -5.26. The highest BCUT2D eigenvalue weighted by atomic mass is 19.4. The number of aryl methyl sites for hydroxylation is 1. The molecule has 0 fully saturated rings. The van der Waals surface area contributed by atoms with Gasteiger partial charge in [-0.1, -0.05) is 68.3 Å². The maximum absolute atomic E-state index is 15.2. The first-order chi connectivity index (χ1) is 23.1. The second-order valence-corrected chi connectivity index (χ2v) is 11.1. The van der Waals surface area contributed by atoms with Crippen molar-refractivity contribution in [1.29, 1.82) is 0 Å². The van der Waals surface area contributed by atoms with Gasteiger partial charge in [-0.05, 0) is 82.6 Å². The van der Waals surface area contributed by atoms with Gasteiger partial charge in [-0.3, -0.25) is 0 Å². The molecule has 0 aliphatic heterocycles. The van der Waals surface area contributed by atoms with Crippen LogP contribution in [0.2, 0.25) is 0 Å². The van der Waals surface area contributed by atoms with Gasteiger partial charge in [0.2, 0.25) is 0 Å². The normalized spacial score (nSPS) is 11.9. The molecular weight excluding hydrogens is 666 g/mol. The number of alkyl halides is 5. The molecule has 0 bridgehead atoms. The molecule has 0 saturated heterocycles. The van der Waals surface area contributed by atoms with Gasteiger partial charge in [0.1, 0.15) is 34.6 Å². The number of ether oxygens (including phenoxy) is 2. The fraction of sp³-hybridized carbons (Fsp3) is 0.189. The van der Waals surface area contributed by atoms with E-state index in [1.807, 2.05) is 12.1 Å². The Hall–Kier alpha value is -5.00. The van der Waals surface area contributed by atoms with Crippen LogP contribution in [0.5, 0.6) is 11.5 Å². The lowest BCUT2D eigenvalue weighted by molar-refractivity contribution is -0.275. The van der Waals surface area contributed by atoms with Crippen molar-refractivity contribution in [2.24, 2.45) is 0 Å². The first kappa shape index (κ1) is 35.3. The van der Waals surface area contributed by atoms with Crippen LogP contribution in [0.15, 0.2) is 91.0 Å². The van der Waals surface area contributed by atoms with Gasteiger partial charge in [0.05, 0.1) is 5.56 Å². The quantitative estimate of drug-likeness (QED) is 0.101. The van der Waals surface area contributed by atoms with Gasteiger partial charge in [0, 0.05) is 6.07 Å². The molecule has 0 aliphatic carbocycles. The molecule has 49 heavy (non-hydrogen) atoms. The molecular formula is C37H26F10O2. The van der Waals surface area contributed by atoms with E-state index in [2.05, 4.69) is 16.4 Å². The summed E-state index contributed by atoms with van der Waals surface area (Å²) in [6.07, 6.45) is -5.84. The molecule has 2 nitrogen and oxygen atoms in total. The maximum atomic E-state index is 15.2. The van der Waals surface area contributed by atoms with Crippen LogP contribution in [-0.2, 0) is 12.5 Å². The predicted molar refractivity (Wildman–Crippen MR) is 163 cm³/mol. The Kier molecular flexibility index (Phi) is 10.3. The topological polar surface area (TPSA) is 18.5 Å². The van der Waals surface area contributed by atoms with Gasteiger partial charge in [-0.2, -0.15) is 8.78 Å². The highest BCUT2D eigenvalue weighted by Gasteiger charge is 2.41. The highest BCUT2D eigenvalue weighted by molar-refractivity contribution is 5.74. The SMILES string of the molecule is CCCCCc1ccc(-c2cc(F)c(-c3ccc(-c4cc(F)c(C(F)(F)Oc5ccc(OC(F)(F)F)c(F)c5)c(F)c4)cc3)c(F)c2)cc1. The lowest BCUT2D eigenvalue weighted by atomic mass is 9.96. The summed E-state index contributed by atoms with van der Waals surface area (Å²) in [4.78, 5) is 0. The molecule has 0 unspecified atom stereocenters. The van der Waals surface area contributed by atoms with Crippen molar-refractivity contribution >= 4 is 0 Å². The highest BCUT2D eigenvalue weighted by Crippen LogP contribution is 2.39. The summed E-state index contributed by atoms with van der Waals surface area (Å²) < 4.78 is 149. The summed E-state index contributed by atoms with van der Waals surface area (Å²) in [5, 5.41) is 0. The van der Waals surface area contributed by atoms with Gasteiger partial charge in [0.15, 0.2) is 11.6 Å². The lowest BCUT2D eigenvalue weighted by Crippen LogP contribution is -2.25. The Morgan fingerprint density at radius 1 is 0.510 bits per heavy atom. The minimum Gasteiger partial charge on any atom is -0.429 e. The first-order valence-electron chi connectivity index (χ1n) is 15.0. The number of rotatable bonds is 11. The Bertz CT molecular complexity index is 1890. The van der Waals surface area contributed by atoms with E-state index in [0.717, 1.165) is 31.2 Å². The fourth-order valence-corrected chi connectivity index (χ4v) is 5.26.